The topological polar surface area (TPSA) is 63.3 Å². The molecule has 0 radical (unpaired) electrons. The van der Waals surface area contributed by atoms with Crippen LogP contribution in [-0.2, 0) is 4.79 Å². The zero-order valence-corrected chi connectivity index (χ0v) is 8.93. The summed E-state index contributed by atoms with van der Waals surface area (Å²) in [6, 6.07) is -0.0807. The molecule has 4 rings (SSSR count). The number of aliphatic carboxylic acids is 1. The molecular formula is C12H19NO2. The van der Waals surface area contributed by atoms with Crippen LogP contribution in [-0.4, -0.2) is 17.1 Å². The molecule has 0 spiro atoms. The first-order valence-corrected chi connectivity index (χ1v) is 6.13. The SMILES string of the molecule is N[C@@H]1C2C[C@@H]3CC(C[C@H](C2)C3)[C@@H]1C(=O)O. The predicted octanol–water partition coefficient (Wildman–Crippen LogP) is 1.47. The van der Waals surface area contributed by atoms with Crippen LogP contribution < -0.4 is 5.73 Å². The Bertz CT molecular complexity index is 277. The summed E-state index contributed by atoms with van der Waals surface area (Å²) >= 11 is 0. The van der Waals surface area contributed by atoms with Crippen molar-refractivity contribution in [1.29, 1.82) is 0 Å². The Hall–Kier alpha value is -0.570. The summed E-state index contributed by atoms with van der Waals surface area (Å²) in [6.45, 7) is 0. The highest BCUT2D eigenvalue weighted by atomic mass is 16.4. The van der Waals surface area contributed by atoms with Crippen LogP contribution in [0.4, 0.5) is 0 Å². The van der Waals surface area contributed by atoms with Crippen molar-refractivity contribution in [3.05, 3.63) is 0 Å². The van der Waals surface area contributed by atoms with Gasteiger partial charge in [-0.1, -0.05) is 0 Å². The number of hydrogen-bond acceptors (Lipinski definition) is 2. The van der Waals surface area contributed by atoms with Crippen molar-refractivity contribution >= 4 is 5.97 Å². The van der Waals surface area contributed by atoms with Gasteiger partial charge in [0.2, 0.25) is 0 Å². The Morgan fingerprint density at radius 2 is 1.53 bits per heavy atom. The zero-order chi connectivity index (χ0) is 10.6. The van der Waals surface area contributed by atoms with Gasteiger partial charge in [-0.15, -0.1) is 0 Å². The quantitative estimate of drug-likeness (QED) is 0.687. The van der Waals surface area contributed by atoms with Crippen LogP contribution in [0.1, 0.15) is 32.1 Å². The lowest BCUT2D eigenvalue weighted by Gasteiger charge is -2.38. The van der Waals surface area contributed by atoms with E-state index in [2.05, 4.69) is 0 Å². The fourth-order valence-corrected chi connectivity index (χ4v) is 4.54. The van der Waals surface area contributed by atoms with E-state index >= 15 is 0 Å². The second-order valence-corrected chi connectivity index (χ2v) is 5.87. The molecule has 3 heteroatoms. The minimum Gasteiger partial charge on any atom is -0.481 e. The van der Waals surface area contributed by atoms with Gasteiger partial charge in [-0.05, 0) is 55.8 Å². The fraction of sp³-hybridized carbons (Fsp3) is 0.917. The molecule has 0 aromatic heterocycles. The van der Waals surface area contributed by atoms with Crippen LogP contribution in [0.2, 0.25) is 0 Å². The maximum absolute atomic E-state index is 11.3. The Morgan fingerprint density at radius 1 is 1.00 bits per heavy atom. The van der Waals surface area contributed by atoms with Crippen LogP contribution in [0.3, 0.4) is 0 Å². The lowest BCUT2D eigenvalue weighted by molar-refractivity contribution is -0.145. The second kappa shape index (κ2) is 3.21. The van der Waals surface area contributed by atoms with Gasteiger partial charge >= 0.3 is 5.97 Å². The summed E-state index contributed by atoms with van der Waals surface area (Å²) < 4.78 is 0. The van der Waals surface area contributed by atoms with Crippen molar-refractivity contribution in [3.8, 4) is 0 Å². The zero-order valence-electron chi connectivity index (χ0n) is 8.93. The summed E-state index contributed by atoms with van der Waals surface area (Å²) in [7, 11) is 0. The third-order valence-corrected chi connectivity index (χ3v) is 4.96. The molecule has 0 saturated heterocycles. The van der Waals surface area contributed by atoms with Crippen LogP contribution in [0, 0.1) is 29.6 Å². The van der Waals surface area contributed by atoms with Crippen molar-refractivity contribution in [3.63, 3.8) is 0 Å². The van der Waals surface area contributed by atoms with Gasteiger partial charge in [-0.25, -0.2) is 0 Å². The molecule has 0 aromatic carbocycles. The molecule has 0 aliphatic heterocycles. The first kappa shape index (κ1) is 9.64. The molecule has 84 valence electrons. The average Bonchev–Trinajstić information content (AvgIpc) is 2.28. The largest absolute Gasteiger partial charge is 0.481 e. The summed E-state index contributed by atoms with van der Waals surface area (Å²) in [5.41, 5.74) is 6.17. The van der Waals surface area contributed by atoms with Crippen LogP contribution in [0.15, 0.2) is 0 Å². The van der Waals surface area contributed by atoms with Crippen molar-refractivity contribution in [2.75, 3.05) is 0 Å². The molecule has 4 saturated carbocycles. The summed E-state index contributed by atoms with van der Waals surface area (Å²) in [5, 5.41) is 9.30. The van der Waals surface area contributed by atoms with E-state index in [-0.39, 0.29) is 12.0 Å². The number of hydrogen-bond donors (Lipinski definition) is 2. The molecule has 0 amide bonds. The number of fused-ring (bicyclic) bond motifs is 1. The average molecular weight is 209 g/mol. The Labute approximate surface area is 90.0 Å². The first-order valence-electron chi connectivity index (χ1n) is 6.13. The first-order chi connectivity index (χ1) is 7.15. The summed E-state index contributed by atoms with van der Waals surface area (Å²) in [6.07, 6.45) is 5.97. The molecule has 4 bridgehead atoms. The number of carbonyl (C=O) groups is 1. The fourth-order valence-electron chi connectivity index (χ4n) is 4.54. The Morgan fingerprint density at radius 3 is 2.07 bits per heavy atom. The van der Waals surface area contributed by atoms with Crippen LogP contribution >= 0.6 is 0 Å². The van der Waals surface area contributed by atoms with Gasteiger partial charge in [-0.2, -0.15) is 0 Å². The molecule has 4 fully saturated rings. The van der Waals surface area contributed by atoms with E-state index in [1.54, 1.807) is 0 Å². The molecular weight excluding hydrogens is 190 g/mol. The molecule has 15 heavy (non-hydrogen) atoms. The maximum atomic E-state index is 11.3. The van der Waals surface area contributed by atoms with E-state index in [9.17, 15) is 9.90 Å². The minimum absolute atomic E-state index is 0.0807. The Balaban J connectivity index is 1.95. The van der Waals surface area contributed by atoms with Crippen LogP contribution in [0.25, 0.3) is 0 Å². The van der Waals surface area contributed by atoms with Crippen molar-refractivity contribution in [2.24, 2.45) is 35.3 Å². The number of carboxylic acids is 1. The molecule has 2 unspecified atom stereocenters. The van der Waals surface area contributed by atoms with E-state index < -0.39 is 5.97 Å². The van der Waals surface area contributed by atoms with E-state index in [0.717, 1.165) is 24.7 Å². The number of nitrogens with two attached hydrogens (primary N) is 1. The van der Waals surface area contributed by atoms with Gasteiger partial charge in [0.15, 0.2) is 0 Å². The van der Waals surface area contributed by atoms with Gasteiger partial charge in [0.25, 0.3) is 0 Å². The van der Waals surface area contributed by atoms with Gasteiger partial charge in [-0.3, -0.25) is 4.79 Å². The van der Waals surface area contributed by atoms with Gasteiger partial charge < -0.3 is 10.8 Å². The highest BCUT2D eigenvalue weighted by molar-refractivity contribution is 5.71. The van der Waals surface area contributed by atoms with Crippen molar-refractivity contribution in [1.82, 2.24) is 0 Å². The maximum Gasteiger partial charge on any atom is 0.308 e. The lowest BCUT2D eigenvalue weighted by Crippen LogP contribution is -2.42. The molecule has 4 aliphatic carbocycles. The normalized spacial score (nSPS) is 52.9. The monoisotopic (exact) mass is 209 g/mol. The smallest absolute Gasteiger partial charge is 0.308 e. The highest BCUT2D eigenvalue weighted by Crippen LogP contribution is 2.52. The van der Waals surface area contributed by atoms with Gasteiger partial charge in [0.05, 0.1) is 5.92 Å². The summed E-state index contributed by atoms with van der Waals surface area (Å²) in [4.78, 5) is 11.3. The molecule has 0 heterocycles. The second-order valence-electron chi connectivity index (χ2n) is 5.87. The number of rotatable bonds is 1. The van der Waals surface area contributed by atoms with E-state index in [1.165, 1.54) is 19.3 Å². The van der Waals surface area contributed by atoms with Gasteiger partial charge in [0, 0.05) is 6.04 Å². The molecule has 3 nitrogen and oxygen atoms in total. The van der Waals surface area contributed by atoms with Crippen LogP contribution in [0.5, 0.6) is 0 Å². The molecule has 0 aromatic rings. The predicted molar refractivity (Wildman–Crippen MR) is 56.1 cm³/mol. The highest BCUT2D eigenvalue weighted by Gasteiger charge is 2.49. The van der Waals surface area contributed by atoms with Crippen molar-refractivity contribution in [2.45, 2.75) is 38.1 Å². The Kier molecular flexibility index (Phi) is 2.06. The van der Waals surface area contributed by atoms with E-state index in [4.69, 9.17) is 5.73 Å². The van der Waals surface area contributed by atoms with E-state index in [1.807, 2.05) is 0 Å². The summed E-state index contributed by atoms with van der Waals surface area (Å²) in [5.74, 6) is 1.51. The molecule has 4 aliphatic rings. The molecule has 6 atom stereocenters. The third kappa shape index (κ3) is 1.40. The third-order valence-electron chi connectivity index (χ3n) is 4.96. The standard InChI is InChI=1S/C12H19NO2/c13-11-9-4-6-1-7(5-9)3-8(2-6)10(11)12(14)15/h6-11H,1-5,13H2,(H,14,15)/t6-,7+,8?,9?,10-,11+/m0/s1. The minimum atomic E-state index is -0.652. The van der Waals surface area contributed by atoms with E-state index in [0.29, 0.717) is 11.8 Å². The molecule has 3 N–H and O–H groups in total. The van der Waals surface area contributed by atoms with Gasteiger partial charge in [0.1, 0.15) is 0 Å². The number of carboxylic acid groups (broad SMARTS) is 1. The lowest BCUT2D eigenvalue weighted by atomic mass is 9.67. The van der Waals surface area contributed by atoms with Crippen molar-refractivity contribution < 1.29 is 9.90 Å².